The smallest absolute Gasteiger partial charge is 0.227 e. The number of aryl methyl sites for hydroxylation is 1. The van der Waals surface area contributed by atoms with Gasteiger partial charge in [0.2, 0.25) is 17.6 Å². The van der Waals surface area contributed by atoms with Crippen LogP contribution in [-0.2, 0) is 11.2 Å². The van der Waals surface area contributed by atoms with Crippen LogP contribution in [0.3, 0.4) is 0 Å². The zero-order valence-corrected chi connectivity index (χ0v) is 17.9. The predicted octanol–water partition coefficient (Wildman–Crippen LogP) is 4.40. The van der Waals surface area contributed by atoms with E-state index in [2.05, 4.69) is 22.4 Å². The van der Waals surface area contributed by atoms with Crippen molar-refractivity contribution in [2.45, 2.75) is 64.3 Å². The quantitative estimate of drug-likeness (QED) is 0.733. The fourth-order valence-electron chi connectivity index (χ4n) is 6.61. The number of carbonyl (C=O) groups is 1. The van der Waals surface area contributed by atoms with Gasteiger partial charge in [0.05, 0.1) is 7.11 Å². The normalized spacial score (nSPS) is 30.3. The predicted molar refractivity (Wildman–Crippen MR) is 113 cm³/mol. The highest BCUT2D eigenvalue weighted by Crippen LogP contribution is 2.61. The molecule has 160 valence electrons. The molecule has 0 spiro atoms. The van der Waals surface area contributed by atoms with Gasteiger partial charge in [-0.15, -0.1) is 0 Å². The summed E-state index contributed by atoms with van der Waals surface area (Å²) in [5.41, 5.74) is 1.20. The van der Waals surface area contributed by atoms with E-state index in [1.165, 1.54) is 38.5 Å². The monoisotopic (exact) mass is 409 g/mol. The summed E-state index contributed by atoms with van der Waals surface area (Å²) in [4.78, 5) is 17.1. The molecular weight excluding hydrogens is 378 g/mol. The Labute approximate surface area is 177 Å². The Morgan fingerprint density at radius 3 is 2.40 bits per heavy atom. The zero-order valence-electron chi connectivity index (χ0n) is 17.9. The highest BCUT2D eigenvalue weighted by molar-refractivity contribution is 5.76. The molecule has 0 aliphatic heterocycles. The highest BCUT2D eigenvalue weighted by Gasteiger charge is 2.53. The largest absolute Gasteiger partial charge is 0.497 e. The molecule has 1 amide bonds. The molecule has 1 aromatic carbocycles. The number of hydrogen-bond acceptors (Lipinski definition) is 5. The number of methoxy groups -OCH3 is 1. The van der Waals surface area contributed by atoms with Crippen molar-refractivity contribution in [3.63, 3.8) is 0 Å². The third kappa shape index (κ3) is 3.72. The lowest BCUT2D eigenvalue weighted by Gasteiger charge is -2.59. The van der Waals surface area contributed by atoms with E-state index < -0.39 is 0 Å². The molecule has 6 nitrogen and oxygen atoms in total. The van der Waals surface area contributed by atoms with Crippen LogP contribution in [0.25, 0.3) is 11.4 Å². The van der Waals surface area contributed by atoms with Gasteiger partial charge in [-0.3, -0.25) is 4.79 Å². The van der Waals surface area contributed by atoms with E-state index in [1.807, 2.05) is 24.3 Å². The van der Waals surface area contributed by atoms with Crippen LogP contribution in [0, 0.1) is 23.2 Å². The van der Waals surface area contributed by atoms with Gasteiger partial charge in [-0.2, -0.15) is 4.98 Å². The van der Waals surface area contributed by atoms with E-state index >= 15 is 0 Å². The molecule has 4 saturated carbocycles. The van der Waals surface area contributed by atoms with Gasteiger partial charge < -0.3 is 14.6 Å². The summed E-state index contributed by atoms with van der Waals surface area (Å²) in [6, 6.07) is 7.77. The van der Waals surface area contributed by atoms with Gasteiger partial charge in [-0.25, -0.2) is 0 Å². The third-order valence-corrected chi connectivity index (χ3v) is 7.76. The van der Waals surface area contributed by atoms with Crippen LogP contribution in [0.1, 0.15) is 57.8 Å². The molecular formula is C24H31N3O3. The van der Waals surface area contributed by atoms with Crippen LogP contribution in [0.4, 0.5) is 0 Å². The first kappa shape index (κ1) is 19.6. The fraction of sp³-hybridized carbons (Fsp3) is 0.625. The summed E-state index contributed by atoms with van der Waals surface area (Å²) >= 11 is 0. The molecule has 6 heteroatoms. The van der Waals surface area contributed by atoms with Crippen LogP contribution in [0.15, 0.2) is 28.8 Å². The number of aromatic nitrogens is 2. The molecule has 4 aliphatic carbocycles. The van der Waals surface area contributed by atoms with E-state index in [9.17, 15) is 4.79 Å². The van der Waals surface area contributed by atoms with Gasteiger partial charge in [-0.05, 0) is 92.9 Å². The van der Waals surface area contributed by atoms with Gasteiger partial charge in [0.1, 0.15) is 5.75 Å². The van der Waals surface area contributed by atoms with Crippen molar-refractivity contribution in [2.24, 2.45) is 23.2 Å². The minimum atomic E-state index is 0.0856. The molecule has 0 radical (unpaired) electrons. The minimum Gasteiger partial charge on any atom is -0.497 e. The van der Waals surface area contributed by atoms with Crippen LogP contribution in [0.5, 0.6) is 5.75 Å². The van der Waals surface area contributed by atoms with E-state index in [0.717, 1.165) is 29.1 Å². The van der Waals surface area contributed by atoms with Crippen molar-refractivity contribution in [1.82, 2.24) is 15.5 Å². The van der Waals surface area contributed by atoms with E-state index in [-0.39, 0.29) is 11.9 Å². The minimum absolute atomic E-state index is 0.0856. The maximum absolute atomic E-state index is 12.7. The molecule has 1 atom stereocenters. The van der Waals surface area contributed by atoms with Gasteiger partial charge in [0.15, 0.2) is 0 Å². The fourth-order valence-corrected chi connectivity index (χ4v) is 6.61. The van der Waals surface area contributed by atoms with Crippen molar-refractivity contribution in [3.05, 3.63) is 30.2 Å². The Hall–Kier alpha value is -2.37. The first-order valence-corrected chi connectivity index (χ1v) is 11.3. The Morgan fingerprint density at radius 1 is 1.17 bits per heavy atom. The lowest BCUT2D eigenvalue weighted by molar-refractivity contribution is -0.125. The molecule has 6 rings (SSSR count). The average Bonchev–Trinajstić information content (AvgIpc) is 3.20. The molecule has 1 aromatic heterocycles. The second-order valence-corrected chi connectivity index (χ2v) is 9.81. The van der Waals surface area contributed by atoms with Crippen molar-refractivity contribution < 1.29 is 14.1 Å². The maximum atomic E-state index is 12.7. The Bertz CT molecular complexity index is 869. The number of carbonyl (C=O) groups excluding carboxylic acids is 1. The second-order valence-electron chi connectivity index (χ2n) is 9.81. The first-order valence-electron chi connectivity index (χ1n) is 11.3. The Balaban J connectivity index is 1.15. The molecule has 1 N–H and O–H groups in total. The Morgan fingerprint density at radius 2 is 1.80 bits per heavy atom. The third-order valence-electron chi connectivity index (χ3n) is 7.76. The molecule has 1 heterocycles. The van der Waals surface area contributed by atoms with Crippen molar-refractivity contribution in [2.75, 3.05) is 7.11 Å². The van der Waals surface area contributed by atoms with Crippen LogP contribution >= 0.6 is 0 Å². The average molecular weight is 410 g/mol. The second kappa shape index (κ2) is 7.71. The molecule has 0 unspecified atom stereocenters. The van der Waals surface area contributed by atoms with Gasteiger partial charge in [0, 0.05) is 24.4 Å². The summed E-state index contributed by atoms with van der Waals surface area (Å²) in [5.74, 6) is 4.59. The molecule has 2 aromatic rings. The summed E-state index contributed by atoms with van der Waals surface area (Å²) in [6.07, 6.45) is 9.01. The molecule has 4 fully saturated rings. The molecule has 30 heavy (non-hydrogen) atoms. The van der Waals surface area contributed by atoms with Gasteiger partial charge >= 0.3 is 0 Å². The maximum Gasteiger partial charge on any atom is 0.227 e. The number of benzene rings is 1. The summed E-state index contributed by atoms with van der Waals surface area (Å²) in [6.45, 7) is 2.22. The van der Waals surface area contributed by atoms with Crippen LogP contribution < -0.4 is 10.1 Å². The number of ether oxygens (including phenoxy) is 1. The Kier molecular flexibility index (Phi) is 5.03. The van der Waals surface area contributed by atoms with Crippen molar-refractivity contribution in [1.29, 1.82) is 0 Å². The topological polar surface area (TPSA) is 77.2 Å². The van der Waals surface area contributed by atoms with Crippen LogP contribution in [-0.4, -0.2) is 29.2 Å². The van der Waals surface area contributed by atoms with E-state index in [1.54, 1.807) is 7.11 Å². The SMILES string of the molecule is COc1ccc(-c2noc(CCC(=O)N[C@@H](C)C34CC5CC(CC(C5)C3)C4)n2)cc1. The lowest BCUT2D eigenvalue weighted by atomic mass is 9.48. The highest BCUT2D eigenvalue weighted by atomic mass is 16.5. The van der Waals surface area contributed by atoms with Crippen molar-refractivity contribution >= 4 is 5.91 Å². The number of hydrogen-bond donors (Lipinski definition) is 1. The summed E-state index contributed by atoms with van der Waals surface area (Å²) in [7, 11) is 1.64. The zero-order chi connectivity index (χ0) is 20.7. The molecule has 4 aliphatic rings. The lowest BCUT2D eigenvalue weighted by Crippen LogP contribution is -2.55. The summed E-state index contributed by atoms with van der Waals surface area (Å²) < 4.78 is 10.5. The van der Waals surface area contributed by atoms with Gasteiger partial charge in [0.25, 0.3) is 0 Å². The first-order chi connectivity index (χ1) is 14.5. The number of nitrogens with one attached hydrogen (secondary N) is 1. The van der Waals surface area contributed by atoms with Crippen LogP contribution in [0.2, 0.25) is 0 Å². The number of nitrogens with zero attached hydrogens (tertiary/aromatic N) is 2. The van der Waals surface area contributed by atoms with Crippen molar-refractivity contribution in [3.8, 4) is 17.1 Å². The number of amides is 1. The van der Waals surface area contributed by atoms with Gasteiger partial charge in [-0.1, -0.05) is 5.16 Å². The molecule has 4 bridgehead atoms. The standard InChI is InChI=1S/C24H31N3O3/c1-15(24-12-16-9-17(13-24)11-18(10-16)14-24)25-21(28)7-8-22-26-23(27-30-22)19-3-5-20(29-2)6-4-19/h3-6,15-18H,7-14H2,1-2H3,(H,25,28)/t15-,16?,17?,18?,24?/m0/s1. The summed E-state index contributed by atoms with van der Waals surface area (Å²) in [5, 5.41) is 7.36. The van der Waals surface area contributed by atoms with E-state index in [4.69, 9.17) is 9.26 Å². The number of rotatable bonds is 7. The molecule has 0 saturated heterocycles. The van der Waals surface area contributed by atoms with E-state index in [0.29, 0.717) is 30.0 Å².